The van der Waals surface area contributed by atoms with E-state index in [1.165, 1.54) is 47.8 Å². The van der Waals surface area contributed by atoms with Crippen molar-refractivity contribution in [2.45, 2.75) is 42.8 Å². The van der Waals surface area contributed by atoms with Crippen LogP contribution in [0.2, 0.25) is 0 Å². The molecule has 0 fully saturated rings. The molecule has 2 unspecified atom stereocenters. The number of thioether (sulfide) groups is 2. The minimum absolute atomic E-state index is 0.0688. The van der Waals surface area contributed by atoms with Crippen molar-refractivity contribution in [1.82, 2.24) is 0 Å². The molecule has 0 radical (unpaired) electrons. The molecular weight excluding hydrogens is 470 g/mol. The lowest BCUT2D eigenvalue weighted by Crippen LogP contribution is -2.19. The highest BCUT2D eigenvalue weighted by atomic mass is 32.2. The fraction of sp³-hybridized carbons (Fsp3) is 0.444. The van der Waals surface area contributed by atoms with Gasteiger partial charge in [-0.15, -0.1) is 11.8 Å². The van der Waals surface area contributed by atoms with Crippen LogP contribution >= 0.6 is 35.7 Å². The second-order valence-electron chi connectivity index (χ2n) is 6.64. The van der Waals surface area contributed by atoms with E-state index in [0.717, 1.165) is 0 Å². The average molecular weight is 491 g/mol. The number of hydrogen-bond acceptors (Lipinski definition) is 9. The Bertz CT molecular complexity index is 925. The van der Waals surface area contributed by atoms with Crippen molar-refractivity contribution in [3.05, 3.63) is 29.8 Å². The van der Waals surface area contributed by atoms with Gasteiger partial charge in [-0.3, -0.25) is 9.59 Å². The molecule has 1 aromatic carbocycles. The van der Waals surface area contributed by atoms with Crippen molar-refractivity contribution < 1.29 is 32.8 Å². The normalized spacial score (nSPS) is 14.3. The highest BCUT2D eigenvalue weighted by Crippen LogP contribution is 2.44. The summed E-state index contributed by atoms with van der Waals surface area (Å²) >= 11 is 7.70. The van der Waals surface area contributed by atoms with Gasteiger partial charge in [0.1, 0.15) is 13.6 Å². The van der Waals surface area contributed by atoms with Crippen molar-refractivity contribution in [1.29, 1.82) is 5.26 Å². The molecule has 0 bridgehead atoms. The molecule has 1 aromatic rings. The number of carboxylic acids is 2. The molecule has 0 aromatic heterocycles. The summed E-state index contributed by atoms with van der Waals surface area (Å²) in [6, 6.07) is 7.42. The van der Waals surface area contributed by atoms with E-state index in [1.807, 2.05) is 0 Å². The fourth-order valence-electron chi connectivity index (χ4n) is 2.44. The smallest absolute Gasteiger partial charge is 0.304 e. The van der Waals surface area contributed by atoms with Gasteiger partial charge in [0.2, 0.25) is 0 Å². The highest BCUT2D eigenvalue weighted by molar-refractivity contribution is 8.47. The quantitative estimate of drug-likeness (QED) is 0.345. The van der Waals surface area contributed by atoms with Crippen molar-refractivity contribution in [2.75, 3.05) is 5.75 Å². The van der Waals surface area contributed by atoms with Crippen LogP contribution in [-0.2, 0) is 19.7 Å². The van der Waals surface area contributed by atoms with Gasteiger partial charge >= 0.3 is 11.9 Å². The third-order valence-corrected chi connectivity index (χ3v) is 7.81. The van der Waals surface area contributed by atoms with Gasteiger partial charge in [-0.1, -0.05) is 36.1 Å². The number of thiocarbonyl (C=S) groups is 1. The third-order valence-electron chi connectivity index (χ3n) is 4.11. The molecular formula is C18H20NO7S4-. The second-order valence-corrected chi connectivity index (χ2v) is 11.5. The number of nitrogens with zero attached hydrogens (tertiary/aromatic N) is 1. The van der Waals surface area contributed by atoms with Gasteiger partial charge in [0, 0.05) is 17.4 Å². The summed E-state index contributed by atoms with van der Waals surface area (Å²) in [4.78, 5) is 21.2. The maximum Gasteiger partial charge on any atom is 0.304 e. The summed E-state index contributed by atoms with van der Waals surface area (Å²) in [7, 11) is -4.61. The van der Waals surface area contributed by atoms with Crippen LogP contribution in [0.25, 0.3) is 0 Å². The standard InChI is InChI=1S/C18H21NO7S4/c1-18(11-19,8-6-15(20)21)10-14(29-17(27)28-9-7-16(22)23)12-2-4-13(5-3-12)30(24,25)26/h2-5,14H,6-10H2,1H3,(H,20,21)(H,22,23)(H,24,25,26)/p-1. The zero-order chi connectivity index (χ0) is 22.9. The van der Waals surface area contributed by atoms with Crippen molar-refractivity contribution in [3.8, 4) is 6.07 Å². The maximum absolute atomic E-state index is 11.2. The van der Waals surface area contributed by atoms with Gasteiger partial charge < -0.3 is 14.8 Å². The highest BCUT2D eigenvalue weighted by Gasteiger charge is 2.31. The van der Waals surface area contributed by atoms with E-state index >= 15 is 0 Å². The Morgan fingerprint density at radius 2 is 1.80 bits per heavy atom. The van der Waals surface area contributed by atoms with Crippen molar-refractivity contribution in [3.63, 3.8) is 0 Å². The first-order valence-electron chi connectivity index (χ1n) is 8.60. The molecule has 0 amide bonds. The van der Waals surface area contributed by atoms with Gasteiger partial charge in [-0.2, -0.15) is 5.26 Å². The number of benzene rings is 1. The third kappa shape index (κ3) is 9.44. The first-order valence-corrected chi connectivity index (χ1v) is 12.3. The Balaban J connectivity index is 3.09. The minimum atomic E-state index is -4.61. The van der Waals surface area contributed by atoms with Crippen LogP contribution in [0.1, 0.15) is 43.4 Å². The average Bonchev–Trinajstić information content (AvgIpc) is 2.65. The van der Waals surface area contributed by atoms with E-state index in [2.05, 4.69) is 6.07 Å². The molecule has 0 spiro atoms. The van der Waals surface area contributed by atoms with Crippen LogP contribution in [0.4, 0.5) is 0 Å². The zero-order valence-corrected chi connectivity index (χ0v) is 19.2. The van der Waals surface area contributed by atoms with E-state index in [9.17, 15) is 27.8 Å². The Morgan fingerprint density at radius 1 is 1.23 bits per heavy atom. The molecule has 1 rings (SSSR count). The molecule has 0 saturated carbocycles. The summed E-state index contributed by atoms with van der Waals surface area (Å²) in [5.41, 5.74) is -0.369. The fourth-order valence-corrected chi connectivity index (χ4v) is 5.80. The van der Waals surface area contributed by atoms with Gasteiger partial charge in [0.15, 0.2) is 0 Å². The van der Waals surface area contributed by atoms with Crippen LogP contribution < -0.4 is 0 Å². The van der Waals surface area contributed by atoms with E-state index in [4.69, 9.17) is 22.4 Å². The number of nitriles is 1. The molecule has 30 heavy (non-hydrogen) atoms. The Morgan fingerprint density at radius 3 is 2.27 bits per heavy atom. The predicted octanol–water partition coefficient (Wildman–Crippen LogP) is 3.64. The van der Waals surface area contributed by atoms with Crippen LogP contribution in [-0.4, -0.2) is 44.4 Å². The number of aliphatic carboxylic acids is 2. The lowest BCUT2D eigenvalue weighted by Gasteiger charge is -2.27. The summed E-state index contributed by atoms with van der Waals surface area (Å²) in [6.45, 7) is 1.64. The number of hydrogen-bond donors (Lipinski definition) is 2. The van der Waals surface area contributed by atoms with Gasteiger partial charge in [0.05, 0.1) is 22.8 Å². The zero-order valence-electron chi connectivity index (χ0n) is 15.9. The summed E-state index contributed by atoms with van der Waals surface area (Å²) in [6.07, 6.45) is 0.0830. The molecule has 0 heterocycles. The van der Waals surface area contributed by atoms with Gasteiger partial charge in [0.25, 0.3) is 0 Å². The molecule has 0 aliphatic carbocycles. The first kappa shape index (κ1) is 26.4. The largest absolute Gasteiger partial charge is 0.744 e. The molecule has 0 saturated heterocycles. The van der Waals surface area contributed by atoms with E-state index in [0.29, 0.717) is 9.09 Å². The van der Waals surface area contributed by atoms with Crippen molar-refractivity contribution >= 4 is 61.3 Å². The minimum Gasteiger partial charge on any atom is -0.744 e. The van der Waals surface area contributed by atoms with E-state index < -0.39 is 32.7 Å². The number of rotatable bonds is 11. The Labute approximate surface area is 188 Å². The van der Waals surface area contributed by atoms with Crippen LogP contribution in [0, 0.1) is 16.7 Å². The molecule has 8 nitrogen and oxygen atoms in total. The maximum atomic E-state index is 11.2. The monoisotopic (exact) mass is 490 g/mol. The number of carbonyl (C=O) groups is 2. The Kier molecular flexibility index (Phi) is 10.3. The summed E-state index contributed by atoms with van der Waals surface area (Å²) < 4.78 is 33.9. The molecule has 0 aliphatic heterocycles. The lowest BCUT2D eigenvalue weighted by molar-refractivity contribution is -0.138. The Hall–Kier alpha value is -1.65. The van der Waals surface area contributed by atoms with Crippen molar-refractivity contribution in [2.24, 2.45) is 5.41 Å². The molecule has 164 valence electrons. The van der Waals surface area contributed by atoms with Crippen LogP contribution in [0.5, 0.6) is 0 Å². The first-order chi connectivity index (χ1) is 13.9. The molecule has 0 aliphatic rings. The molecule has 12 heteroatoms. The van der Waals surface area contributed by atoms with Gasteiger partial charge in [-0.05, 0) is 37.5 Å². The summed E-state index contributed by atoms with van der Waals surface area (Å²) in [5, 5.41) is 26.9. The summed E-state index contributed by atoms with van der Waals surface area (Å²) in [5.74, 6) is -1.70. The molecule has 2 N–H and O–H groups in total. The van der Waals surface area contributed by atoms with E-state index in [1.54, 1.807) is 6.92 Å². The molecule has 2 atom stereocenters. The van der Waals surface area contributed by atoms with Crippen LogP contribution in [0.3, 0.4) is 0 Å². The lowest BCUT2D eigenvalue weighted by atomic mass is 9.81. The van der Waals surface area contributed by atoms with Gasteiger partial charge in [-0.25, -0.2) is 8.42 Å². The van der Waals surface area contributed by atoms with E-state index in [-0.39, 0.29) is 36.3 Å². The second kappa shape index (κ2) is 11.7. The predicted molar refractivity (Wildman–Crippen MR) is 117 cm³/mol. The topological polar surface area (TPSA) is 156 Å². The van der Waals surface area contributed by atoms with Crippen LogP contribution in [0.15, 0.2) is 29.2 Å². The SMILES string of the molecule is CC(C#N)(CCC(=O)O)CC(SC(=S)SCCC(=O)O)c1ccc(S(=O)(=O)[O-])cc1. The number of carboxylic acid groups (broad SMARTS) is 2.